The number of hydrogen-bond donors (Lipinski definition) is 3. The predicted octanol–water partition coefficient (Wildman–Crippen LogP) is 1.20. The zero-order valence-electron chi connectivity index (χ0n) is 8.38. The minimum absolute atomic E-state index is 0.181. The van der Waals surface area contributed by atoms with Crippen LogP contribution in [0, 0.1) is 11.6 Å². The van der Waals surface area contributed by atoms with E-state index >= 15 is 0 Å². The average Bonchev–Trinajstić information content (AvgIpc) is 2.24. The van der Waals surface area contributed by atoms with Crippen LogP contribution >= 0.6 is 15.9 Å². The third kappa shape index (κ3) is 3.38. The van der Waals surface area contributed by atoms with Crippen molar-refractivity contribution in [3.05, 3.63) is 33.8 Å². The second kappa shape index (κ2) is 5.58. The number of nitrogens with two attached hydrogens (primary N) is 1. The topological polar surface area (TPSA) is 87.7 Å². The van der Waals surface area contributed by atoms with E-state index < -0.39 is 23.1 Å². The van der Waals surface area contributed by atoms with Crippen molar-refractivity contribution < 1.29 is 18.8 Å². The molecular weight excluding hydrogens is 300 g/mol. The fraction of sp³-hybridized carbons (Fsp3) is 0.111. The molecule has 0 unspecified atom stereocenters. The van der Waals surface area contributed by atoms with Crippen molar-refractivity contribution in [2.45, 2.75) is 0 Å². The summed E-state index contributed by atoms with van der Waals surface area (Å²) in [4.78, 5) is 11.4. The molecule has 0 atom stereocenters. The summed E-state index contributed by atoms with van der Waals surface area (Å²) in [6.45, 7) is -0.315. The molecule has 4 N–H and O–H groups in total. The SMILES string of the molecule is NC(CNC(=O)c1c(F)cc(Br)cc1F)=NO. The number of carbonyl (C=O) groups is 1. The fourth-order valence-electron chi connectivity index (χ4n) is 1.05. The Labute approximate surface area is 103 Å². The van der Waals surface area contributed by atoms with Crippen molar-refractivity contribution in [2.24, 2.45) is 10.9 Å². The van der Waals surface area contributed by atoms with Gasteiger partial charge in [0.25, 0.3) is 5.91 Å². The van der Waals surface area contributed by atoms with Crippen LogP contribution in [0.1, 0.15) is 10.4 Å². The Morgan fingerprint density at radius 1 is 1.47 bits per heavy atom. The van der Waals surface area contributed by atoms with Gasteiger partial charge in [0.05, 0.1) is 6.54 Å². The number of carbonyl (C=O) groups excluding carboxylic acids is 1. The summed E-state index contributed by atoms with van der Waals surface area (Å²) < 4.78 is 26.8. The van der Waals surface area contributed by atoms with Gasteiger partial charge in [-0.15, -0.1) is 0 Å². The molecule has 1 aromatic carbocycles. The lowest BCUT2D eigenvalue weighted by atomic mass is 10.2. The fourth-order valence-corrected chi connectivity index (χ4v) is 1.46. The number of oxime groups is 1. The Morgan fingerprint density at radius 2 is 2.00 bits per heavy atom. The monoisotopic (exact) mass is 307 g/mol. The summed E-state index contributed by atoms with van der Waals surface area (Å²) in [6.07, 6.45) is 0. The summed E-state index contributed by atoms with van der Waals surface area (Å²) in [5.74, 6) is -3.28. The summed E-state index contributed by atoms with van der Waals surface area (Å²) in [5, 5.41) is 12.9. The second-order valence-corrected chi connectivity index (χ2v) is 3.93. The molecule has 5 nitrogen and oxygen atoms in total. The molecule has 1 amide bonds. The molecule has 1 rings (SSSR count). The van der Waals surface area contributed by atoms with Gasteiger partial charge in [0, 0.05) is 4.47 Å². The van der Waals surface area contributed by atoms with Crippen LogP contribution in [-0.4, -0.2) is 23.5 Å². The molecule has 0 aliphatic carbocycles. The van der Waals surface area contributed by atoms with Crippen LogP contribution in [0.15, 0.2) is 21.8 Å². The van der Waals surface area contributed by atoms with Crippen molar-refractivity contribution in [1.82, 2.24) is 5.32 Å². The van der Waals surface area contributed by atoms with E-state index in [4.69, 9.17) is 10.9 Å². The first-order valence-corrected chi connectivity index (χ1v) is 5.14. The zero-order valence-corrected chi connectivity index (χ0v) is 9.96. The molecular formula is C9H8BrF2N3O2. The molecule has 8 heteroatoms. The van der Waals surface area contributed by atoms with E-state index in [-0.39, 0.29) is 16.9 Å². The number of amidine groups is 1. The van der Waals surface area contributed by atoms with Crippen LogP contribution in [0.3, 0.4) is 0 Å². The minimum atomic E-state index is -1.01. The predicted molar refractivity (Wildman–Crippen MR) is 59.8 cm³/mol. The van der Waals surface area contributed by atoms with Gasteiger partial charge in [-0.3, -0.25) is 4.79 Å². The zero-order chi connectivity index (χ0) is 13.0. The Balaban J connectivity index is 2.90. The highest BCUT2D eigenvalue weighted by atomic mass is 79.9. The first-order valence-electron chi connectivity index (χ1n) is 4.35. The number of hydrogen-bond acceptors (Lipinski definition) is 3. The van der Waals surface area contributed by atoms with E-state index in [1.807, 2.05) is 0 Å². The van der Waals surface area contributed by atoms with E-state index in [1.54, 1.807) is 0 Å². The second-order valence-electron chi connectivity index (χ2n) is 3.02. The third-order valence-corrected chi connectivity index (χ3v) is 2.25. The van der Waals surface area contributed by atoms with Crippen LogP contribution in [0.5, 0.6) is 0 Å². The van der Waals surface area contributed by atoms with E-state index in [1.165, 1.54) is 0 Å². The number of benzene rings is 1. The largest absolute Gasteiger partial charge is 0.409 e. The van der Waals surface area contributed by atoms with Crippen LogP contribution in [0.4, 0.5) is 8.78 Å². The van der Waals surface area contributed by atoms with Crippen LogP contribution in [0.2, 0.25) is 0 Å². The summed E-state index contributed by atoms with van der Waals surface area (Å²) in [7, 11) is 0. The van der Waals surface area contributed by atoms with Crippen molar-refractivity contribution in [3.63, 3.8) is 0 Å². The third-order valence-electron chi connectivity index (χ3n) is 1.79. The first-order chi connectivity index (χ1) is 7.95. The lowest BCUT2D eigenvalue weighted by Crippen LogP contribution is -2.34. The Bertz CT molecular complexity index is 456. The smallest absolute Gasteiger partial charge is 0.257 e. The minimum Gasteiger partial charge on any atom is -0.409 e. The molecule has 0 spiro atoms. The van der Waals surface area contributed by atoms with E-state index in [0.717, 1.165) is 12.1 Å². The van der Waals surface area contributed by atoms with Crippen LogP contribution in [0.25, 0.3) is 0 Å². The van der Waals surface area contributed by atoms with Gasteiger partial charge in [-0.1, -0.05) is 21.1 Å². The quantitative estimate of drug-likeness (QED) is 0.339. The Hall–Kier alpha value is -1.70. The van der Waals surface area contributed by atoms with Gasteiger partial charge in [0.15, 0.2) is 5.84 Å². The Kier molecular flexibility index (Phi) is 4.38. The lowest BCUT2D eigenvalue weighted by molar-refractivity contribution is 0.0950. The van der Waals surface area contributed by atoms with E-state index in [0.29, 0.717) is 0 Å². The highest BCUT2D eigenvalue weighted by Crippen LogP contribution is 2.19. The van der Waals surface area contributed by atoms with Crippen molar-refractivity contribution in [1.29, 1.82) is 0 Å². The summed E-state index contributed by atoms with van der Waals surface area (Å²) in [5.41, 5.74) is 4.37. The molecule has 0 saturated carbocycles. The molecule has 0 heterocycles. The highest BCUT2D eigenvalue weighted by Gasteiger charge is 2.18. The molecule has 92 valence electrons. The average molecular weight is 308 g/mol. The lowest BCUT2D eigenvalue weighted by Gasteiger charge is -2.06. The van der Waals surface area contributed by atoms with Gasteiger partial charge in [0.2, 0.25) is 0 Å². The molecule has 0 aliphatic heterocycles. The molecule has 0 bridgehead atoms. The van der Waals surface area contributed by atoms with Gasteiger partial charge in [-0.25, -0.2) is 8.78 Å². The molecule has 0 saturated heterocycles. The highest BCUT2D eigenvalue weighted by molar-refractivity contribution is 9.10. The normalized spacial score (nSPS) is 11.4. The first kappa shape index (κ1) is 13.4. The van der Waals surface area contributed by atoms with Gasteiger partial charge < -0.3 is 16.3 Å². The van der Waals surface area contributed by atoms with Crippen molar-refractivity contribution in [3.8, 4) is 0 Å². The van der Waals surface area contributed by atoms with Gasteiger partial charge in [-0.2, -0.15) is 0 Å². The maximum atomic E-state index is 13.3. The molecule has 1 aromatic rings. The van der Waals surface area contributed by atoms with E-state index in [9.17, 15) is 13.6 Å². The number of nitrogens with zero attached hydrogens (tertiary/aromatic N) is 1. The van der Waals surface area contributed by atoms with Crippen molar-refractivity contribution >= 4 is 27.7 Å². The van der Waals surface area contributed by atoms with Gasteiger partial charge in [0.1, 0.15) is 17.2 Å². The summed E-state index contributed by atoms with van der Waals surface area (Å²) >= 11 is 2.89. The molecule has 0 aliphatic rings. The number of rotatable bonds is 3. The van der Waals surface area contributed by atoms with Gasteiger partial charge >= 0.3 is 0 Å². The van der Waals surface area contributed by atoms with Crippen molar-refractivity contribution in [2.75, 3.05) is 6.54 Å². The molecule has 0 fully saturated rings. The number of nitrogens with one attached hydrogen (secondary N) is 1. The summed E-state index contributed by atoms with van der Waals surface area (Å²) in [6, 6.07) is 1.92. The van der Waals surface area contributed by atoms with Gasteiger partial charge in [-0.05, 0) is 12.1 Å². The molecule has 17 heavy (non-hydrogen) atoms. The maximum absolute atomic E-state index is 13.3. The standard InChI is InChI=1S/C9H8BrF2N3O2/c10-4-1-5(11)8(6(12)2-4)9(16)14-3-7(13)15-17/h1-2,17H,3H2,(H2,13,15)(H,14,16). The molecule has 0 radical (unpaired) electrons. The number of amides is 1. The maximum Gasteiger partial charge on any atom is 0.257 e. The Morgan fingerprint density at radius 3 is 2.47 bits per heavy atom. The van der Waals surface area contributed by atoms with Crippen LogP contribution in [-0.2, 0) is 0 Å². The van der Waals surface area contributed by atoms with E-state index in [2.05, 4.69) is 26.4 Å². The molecule has 0 aromatic heterocycles. The van der Waals surface area contributed by atoms with Crippen LogP contribution < -0.4 is 11.1 Å². The number of halogens is 3.